The fraction of sp³-hybridized carbons (Fsp3) is 0.800. The lowest BCUT2D eigenvalue weighted by molar-refractivity contribution is -0.143. The van der Waals surface area contributed by atoms with Crippen molar-refractivity contribution in [2.45, 2.75) is 12.5 Å². The zero-order chi connectivity index (χ0) is 6.15. The Kier molecular flexibility index (Phi) is 1.21. The van der Waals surface area contributed by atoms with Crippen molar-refractivity contribution in [2.24, 2.45) is 5.92 Å². The summed E-state index contributed by atoms with van der Waals surface area (Å²) in [6, 6.07) is 0. The van der Waals surface area contributed by atoms with E-state index in [0.717, 1.165) is 0 Å². The summed E-state index contributed by atoms with van der Waals surface area (Å²) in [5, 5.41) is 10.3. The SMILES string of the molecule is COC(=O)C1CC1[O]. The van der Waals surface area contributed by atoms with Gasteiger partial charge < -0.3 is 4.74 Å². The van der Waals surface area contributed by atoms with Crippen molar-refractivity contribution >= 4 is 5.97 Å². The molecule has 0 aromatic carbocycles. The quantitative estimate of drug-likeness (QED) is 0.451. The van der Waals surface area contributed by atoms with Crippen LogP contribution in [-0.4, -0.2) is 19.2 Å². The third-order valence-electron chi connectivity index (χ3n) is 1.24. The van der Waals surface area contributed by atoms with E-state index in [2.05, 4.69) is 4.74 Å². The van der Waals surface area contributed by atoms with Gasteiger partial charge in [0.1, 0.15) is 6.10 Å². The summed E-state index contributed by atoms with van der Waals surface area (Å²) in [5.74, 6) is -0.690. The van der Waals surface area contributed by atoms with Crippen LogP contribution in [-0.2, 0) is 14.6 Å². The van der Waals surface area contributed by atoms with Crippen LogP contribution in [0.25, 0.3) is 0 Å². The molecule has 1 aliphatic carbocycles. The molecule has 3 heteroatoms. The van der Waals surface area contributed by atoms with E-state index in [0.29, 0.717) is 6.42 Å². The van der Waals surface area contributed by atoms with Crippen molar-refractivity contribution in [1.82, 2.24) is 0 Å². The lowest BCUT2D eigenvalue weighted by Gasteiger charge is -1.90. The van der Waals surface area contributed by atoms with Crippen molar-refractivity contribution in [2.75, 3.05) is 7.11 Å². The number of carbonyl (C=O) groups excluding carboxylic acids is 1. The van der Waals surface area contributed by atoms with Crippen LogP contribution in [0.4, 0.5) is 0 Å². The zero-order valence-electron chi connectivity index (χ0n) is 4.59. The Morgan fingerprint density at radius 1 is 1.75 bits per heavy atom. The predicted molar refractivity (Wildman–Crippen MR) is 24.6 cm³/mol. The molecule has 1 saturated carbocycles. The molecule has 0 amide bonds. The summed E-state index contributed by atoms with van der Waals surface area (Å²) in [5.41, 5.74) is 0. The molecule has 0 spiro atoms. The first-order chi connectivity index (χ1) is 3.75. The third kappa shape index (κ3) is 0.816. The Morgan fingerprint density at radius 3 is 2.38 bits per heavy atom. The summed E-state index contributed by atoms with van der Waals surface area (Å²) in [6.45, 7) is 0. The number of esters is 1. The van der Waals surface area contributed by atoms with E-state index < -0.39 is 6.10 Å². The van der Waals surface area contributed by atoms with Crippen LogP contribution in [0, 0.1) is 5.92 Å². The highest BCUT2D eigenvalue weighted by molar-refractivity contribution is 5.75. The molecule has 2 unspecified atom stereocenters. The number of methoxy groups -OCH3 is 1. The summed E-state index contributed by atoms with van der Waals surface area (Å²) < 4.78 is 4.31. The number of hydrogen-bond donors (Lipinski definition) is 0. The largest absolute Gasteiger partial charge is 0.469 e. The number of rotatable bonds is 1. The molecule has 8 heavy (non-hydrogen) atoms. The predicted octanol–water partition coefficient (Wildman–Crippen LogP) is -0.0216. The first kappa shape index (κ1) is 5.56. The zero-order valence-corrected chi connectivity index (χ0v) is 4.59. The van der Waals surface area contributed by atoms with Crippen LogP contribution in [0.2, 0.25) is 0 Å². The highest BCUT2D eigenvalue weighted by Crippen LogP contribution is 2.31. The monoisotopic (exact) mass is 115 g/mol. The van der Waals surface area contributed by atoms with E-state index in [9.17, 15) is 9.90 Å². The van der Waals surface area contributed by atoms with Crippen molar-refractivity contribution < 1.29 is 14.6 Å². The van der Waals surface area contributed by atoms with Gasteiger partial charge in [-0.05, 0) is 6.42 Å². The summed E-state index contributed by atoms with van der Waals surface area (Å²) in [7, 11) is 1.30. The Bertz CT molecular complexity index is 110. The molecule has 3 nitrogen and oxygen atoms in total. The molecular formula is C5H7O3. The van der Waals surface area contributed by atoms with Crippen LogP contribution in [0.5, 0.6) is 0 Å². The fourth-order valence-electron chi connectivity index (χ4n) is 0.571. The standard InChI is InChI=1S/C5H7O3/c1-8-5(7)3-2-4(3)6/h3-4H,2H2,1H3. The molecule has 1 radical (unpaired) electrons. The minimum atomic E-state index is -0.678. The second kappa shape index (κ2) is 1.74. The molecule has 0 aromatic rings. The maximum Gasteiger partial charge on any atom is 0.311 e. The van der Waals surface area contributed by atoms with E-state index in [1.54, 1.807) is 0 Å². The summed E-state index contributed by atoms with van der Waals surface area (Å²) in [4.78, 5) is 10.4. The van der Waals surface area contributed by atoms with E-state index >= 15 is 0 Å². The first-order valence-corrected chi connectivity index (χ1v) is 2.49. The third-order valence-corrected chi connectivity index (χ3v) is 1.24. The molecule has 0 aromatic heterocycles. The fourth-order valence-corrected chi connectivity index (χ4v) is 0.571. The Morgan fingerprint density at radius 2 is 2.25 bits per heavy atom. The summed E-state index contributed by atoms with van der Waals surface area (Å²) in [6.07, 6.45) is -0.213. The summed E-state index contributed by atoms with van der Waals surface area (Å²) >= 11 is 0. The topological polar surface area (TPSA) is 46.2 Å². The lowest BCUT2D eigenvalue weighted by Crippen LogP contribution is -2.04. The minimum Gasteiger partial charge on any atom is -0.469 e. The molecule has 0 heterocycles. The Hall–Kier alpha value is -0.570. The van der Waals surface area contributed by atoms with Gasteiger partial charge in [-0.25, -0.2) is 5.11 Å². The number of ether oxygens (including phenoxy) is 1. The van der Waals surface area contributed by atoms with Crippen molar-refractivity contribution in [3.05, 3.63) is 0 Å². The molecule has 2 atom stereocenters. The van der Waals surface area contributed by atoms with Gasteiger partial charge in [0.25, 0.3) is 0 Å². The van der Waals surface area contributed by atoms with E-state index in [-0.39, 0.29) is 11.9 Å². The highest BCUT2D eigenvalue weighted by Gasteiger charge is 2.44. The van der Waals surface area contributed by atoms with Crippen LogP contribution >= 0.6 is 0 Å². The Balaban J connectivity index is 2.28. The molecule has 1 rings (SSSR count). The van der Waals surface area contributed by atoms with E-state index in [1.165, 1.54) is 7.11 Å². The van der Waals surface area contributed by atoms with Gasteiger partial charge in [0.2, 0.25) is 0 Å². The average Bonchev–Trinajstić information content (AvgIpc) is 2.45. The highest BCUT2D eigenvalue weighted by atomic mass is 16.5. The van der Waals surface area contributed by atoms with Gasteiger partial charge in [0, 0.05) is 0 Å². The van der Waals surface area contributed by atoms with Crippen LogP contribution in [0.1, 0.15) is 6.42 Å². The molecular weight excluding hydrogens is 108 g/mol. The lowest BCUT2D eigenvalue weighted by atomic mass is 10.4. The van der Waals surface area contributed by atoms with Gasteiger partial charge in [0.15, 0.2) is 0 Å². The second-order valence-corrected chi connectivity index (χ2v) is 1.90. The normalized spacial score (nSPS) is 34.2. The van der Waals surface area contributed by atoms with Gasteiger partial charge >= 0.3 is 5.97 Å². The van der Waals surface area contributed by atoms with Gasteiger partial charge in [0.05, 0.1) is 13.0 Å². The first-order valence-electron chi connectivity index (χ1n) is 2.49. The molecule has 0 aliphatic heterocycles. The van der Waals surface area contributed by atoms with E-state index in [4.69, 9.17) is 0 Å². The maximum atomic E-state index is 10.4. The number of hydrogen-bond acceptors (Lipinski definition) is 2. The molecule has 45 valence electrons. The second-order valence-electron chi connectivity index (χ2n) is 1.90. The van der Waals surface area contributed by atoms with Crippen molar-refractivity contribution in [1.29, 1.82) is 0 Å². The smallest absolute Gasteiger partial charge is 0.311 e. The molecule has 0 bridgehead atoms. The average molecular weight is 115 g/mol. The molecule has 1 aliphatic rings. The van der Waals surface area contributed by atoms with Crippen LogP contribution in [0.3, 0.4) is 0 Å². The molecule has 0 saturated heterocycles. The van der Waals surface area contributed by atoms with Gasteiger partial charge in [-0.15, -0.1) is 0 Å². The number of carbonyl (C=O) groups is 1. The minimum absolute atomic E-state index is 0.333. The molecule has 0 N–H and O–H groups in total. The van der Waals surface area contributed by atoms with Crippen molar-refractivity contribution in [3.63, 3.8) is 0 Å². The van der Waals surface area contributed by atoms with E-state index in [1.807, 2.05) is 0 Å². The van der Waals surface area contributed by atoms with Crippen LogP contribution in [0.15, 0.2) is 0 Å². The van der Waals surface area contributed by atoms with Crippen LogP contribution < -0.4 is 0 Å². The maximum absolute atomic E-state index is 10.4. The Labute approximate surface area is 47.3 Å². The van der Waals surface area contributed by atoms with Gasteiger partial charge in [-0.3, -0.25) is 4.79 Å². The van der Waals surface area contributed by atoms with Gasteiger partial charge in [-0.2, -0.15) is 0 Å². The van der Waals surface area contributed by atoms with Gasteiger partial charge in [-0.1, -0.05) is 0 Å². The van der Waals surface area contributed by atoms with Crippen molar-refractivity contribution in [3.8, 4) is 0 Å². The molecule has 1 fully saturated rings.